The van der Waals surface area contributed by atoms with E-state index < -0.39 is 0 Å². The number of rotatable bonds is 3. The Labute approximate surface area is 145 Å². The number of pyridine rings is 1. The van der Waals surface area contributed by atoms with Crippen LogP contribution < -0.4 is 0 Å². The minimum Gasteiger partial charge on any atom is -0.337 e. The largest absolute Gasteiger partial charge is 0.337 e. The third kappa shape index (κ3) is 4.08. The first kappa shape index (κ1) is 16.8. The molecule has 0 aliphatic rings. The second-order valence-corrected chi connectivity index (χ2v) is 5.79. The van der Waals surface area contributed by atoms with Crippen LogP contribution in [0.15, 0.2) is 47.1 Å². The lowest BCUT2D eigenvalue weighted by Crippen LogP contribution is -2.16. The Morgan fingerprint density at radius 1 is 1.12 bits per heavy atom. The summed E-state index contributed by atoms with van der Waals surface area (Å²) in [6.45, 7) is 1.98. The van der Waals surface area contributed by atoms with E-state index in [2.05, 4.69) is 27.0 Å². The summed E-state index contributed by atoms with van der Waals surface area (Å²) in [6, 6.07) is 9.79. The lowest BCUT2D eigenvalue weighted by Gasteiger charge is -2.14. The topological polar surface area (TPSA) is 55.1 Å². The first-order valence-electron chi connectivity index (χ1n) is 7.77. The van der Waals surface area contributed by atoms with Crippen LogP contribution in [0, 0.1) is 17.7 Å². The maximum Gasteiger partial charge on any atom is 0.244 e. The van der Waals surface area contributed by atoms with Gasteiger partial charge in [-0.15, -0.1) is 0 Å². The molecule has 0 fully saturated rings. The van der Waals surface area contributed by atoms with Crippen molar-refractivity contribution in [3.05, 3.63) is 65.4 Å². The third-order valence-corrected chi connectivity index (χ3v) is 3.74. The molecule has 0 saturated carbocycles. The fraction of sp³-hybridized carbons (Fsp3) is 0.211. The average molecular weight is 336 g/mol. The van der Waals surface area contributed by atoms with Crippen LogP contribution in [-0.2, 0) is 0 Å². The van der Waals surface area contributed by atoms with Crippen molar-refractivity contribution in [2.75, 3.05) is 14.1 Å². The summed E-state index contributed by atoms with van der Waals surface area (Å²) < 4.78 is 18.4. The molecule has 5 nitrogen and oxygen atoms in total. The fourth-order valence-corrected chi connectivity index (χ4v) is 2.04. The predicted octanol–water partition coefficient (Wildman–Crippen LogP) is 3.29. The highest BCUT2D eigenvalue weighted by Crippen LogP contribution is 2.19. The lowest BCUT2D eigenvalue weighted by atomic mass is 10.2. The fourth-order valence-electron chi connectivity index (χ4n) is 2.04. The van der Waals surface area contributed by atoms with Gasteiger partial charge in [0.05, 0.1) is 6.04 Å². The number of halogens is 1. The highest BCUT2D eigenvalue weighted by molar-refractivity contribution is 5.50. The first-order valence-corrected chi connectivity index (χ1v) is 7.77. The Bertz CT molecular complexity index is 922. The minimum atomic E-state index is -0.305. The van der Waals surface area contributed by atoms with Gasteiger partial charge in [0.2, 0.25) is 11.7 Å². The maximum absolute atomic E-state index is 13.1. The number of hydrogen-bond donors (Lipinski definition) is 0. The standard InChI is InChI=1S/C19H17FN4O/c1-13(24(2)3)19-22-18(23-25-19)17-10-9-15(12-21-17)8-7-14-5-4-6-16(20)11-14/h4-6,9-13H,1-3H3. The van der Waals surface area contributed by atoms with Crippen molar-refractivity contribution < 1.29 is 8.91 Å². The molecule has 6 heteroatoms. The van der Waals surface area contributed by atoms with E-state index in [1.807, 2.05) is 32.0 Å². The van der Waals surface area contributed by atoms with Crippen molar-refractivity contribution in [2.45, 2.75) is 13.0 Å². The Balaban J connectivity index is 1.77. The van der Waals surface area contributed by atoms with Gasteiger partial charge in [-0.2, -0.15) is 4.98 Å². The molecule has 0 saturated heterocycles. The quantitative estimate of drug-likeness (QED) is 0.687. The Morgan fingerprint density at radius 2 is 1.92 bits per heavy atom. The van der Waals surface area contributed by atoms with E-state index in [1.165, 1.54) is 12.1 Å². The normalized spacial score (nSPS) is 11.9. The van der Waals surface area contributed by atoms with Crippen LogP contribution in [0.3, 0.4) is 0 Å². The van der Waals surface area contributed by atoms with Crippen LogP contribution in [-0.4, -0.2) is 34.1 Å². The van der Waals surface area contributed by atoms with E-state index in [1.54, 1.807) is 24.4 Å². The van der Waals surface area contributed by atoms with Crippen LogP contribution in [0.4, 0.5) is 4.39 Å². The van der Waals surface area contributed by atoms with Crippen molar-refractivity contribution >= 4 is 0 Å². The summed E-state index contributed by atoms with van der Waals surface area (Å²) in [5.41, 5.74) is 1.94. The molecule has 0 aliphatic heterocycles. The van der Waals surface area contributed by atoms with Crippen LogP contribution in [0.5, 0.6) is 0 Å². The summed E-state index contributed by atoms with van der Waals surface area (Å²) in [4.78, 5) is 10.7. The second-order valence-electron chi connectivity index (χ2n) is 5.79. The molecule has 2 aromatic heterocycles. The zero-order valence-corrected chi connectivity index (χ0v) is 14.2. The number of nitrogens with zero attached hydrogens (tertiary/aromatic N) is 4. The van der Waals surface area contributed by atoms with Gasteiger partial charge in [-0.25, -0.2) is 4.39 Å². The van der Waals surface area contributed by atoms with Crippen molar-refractivity contribution in [3.8, 4) is 23.4 Å². The Hall–Kier alpha value is -3.04. The highest BCUT2D eigenvalue weighted by Gasteiger charge is 2.17. The molecular weight excluding hydrogens is 319 g/mol. The SMILES string of the molecule is CC(c1nc(-c2ccc(C#Cc3cccc(F)c3)cn2)no1)N(C)C. The minimum absolute atomic E-state index is 0.0256. The van der Waals surface area contributed by atoms with Gasteiger partial charge in [0.15, 0.2) is 0 Å². The Kier molecular flexibility index (Phi) is 4.87. The molecule has 126 valence electrons. The summed E-state index contributed by atoms with van der Waals surface area (Å²) in [5.74, 6) is 6.53. The zero-order chi connectivity index (χ0) is 17.8. The molecule has 0 amide bonds. The molecule has 0 bridgehead atoms. The van der Waals surface area contributed by atoms with Gasteiger partial charge in [-0.05, 0) is 51.4 Å². The van der Waals surface area contributed by atoms with E-state index in [0.29, 0.717) is 23.0 Å². The van der Waals surface area contributed by atoms with E-state index in [0.717, 1.165) is 5.56 Å². The maximum atomic E-state index is 13.1. The smallest absolute Gasteiger partial charge is 0.244 e. The third-order valence-electron chi connectivity index (χ3n) is 3.74. The molecule has 0 spiro atoms. The van der Waals surface area contributed by atoms with Gasteiger partial charge in [-0.1, -0.05) is 23.1 Å². The first-order chi connectivity index (χ1) is 12.0. The summed E-state index contributed by atoms with van der Waals surface area (Å²) in [5, 5.41) is 3.97. The molecule has 3 aromatic rings. The van der Waals surface area contributed by atoms with Gasteiger partial charge < -0.3 is 4.52 Å². The highest BCUT2D eigenvalue weighted by atomic mass is 19.1. The monoisotopic (exact) mass is 336 g/mol. The number of hydrogen-bond acceptors (Lipinski definition) is 5. The summed E-state index contributed by atoms with van der Waals surface area (Å²) in [6.07, 6.45) is 1.63. The van der Waals surface area contributed by atoms with Crippen LogP contribution >= 0.6 is 0 Å². The molecule has 0 aliphatic carbocycles. The molecule has 2 heterocycles. The van der Waals surface area contributed by atoms with Crippen molar-refractivity contribution in [1.82, 2.24) is 20.0 Å². The van der Waals surface area contributed by atoms with Crippen molar-refractivity contribution in [1.29, 1.82) is 0 Å². The van der Waals surface area contributed by atoms with Gasteiger partial charge >= 0.3 is 0 Å². The molecule has 0 radical (unpaired) electrons. The molecule has 3 rings (SSSR count). The molecular formula is C19H17FN4O. The van der Waals surface area contributed by atoms with Gasteiger partial charge in [0.25, 0.3) is 0 Å². The lowest BCUT2D eigenvalue weighted by molar-refractivity contribution is 0.245. The zero-order valence-electron chi connectivity index (χ0n) is 14.2. The van der Waals surface area contributed by atoms with E-state index >= 15 is 0 Å². The molecule has 1 unspecified atom stereocenters. The van der Waals surface area contributed by atoms with E-state index in [4.69, 9.17) is 4.52 Å². The molecule has 0 N–H and O–H groups in total. The van der Waals surface area contributed by atoms with Gasteiger partial charge in [0.1, 0.15) is 11.5 Å². The molecule has 25 heavy (non-hydrogen) atoms. The number of benzene rings is 1. The predicted molar refractivity (Wildman–Crippen MR) is 92.0 cm³/mol. The van der Waals surface area contributed by atoms with E-state index in [-0.39, 0.29) is 11.9 Å². The van der Waals surface area contributed by atoms with Crippen LogP contribution in [0.1, 0.15) is 30.0 Å². The second kappa shape index (κ2) is 7.24. The van der Waals surface area contributed by atoms with Gasteiger partial charge in [-0.3, -0.25) is 9.88 Å². The Morgan fingerprint density at radius 3 is 2.60 bits per heavy atom. The van der Waals surface area contributed by atoms with E-state index in [9.17, 15) is 4.39 Å². The van der Waals surface area contributed by atoms with Gasteiger partial charge in [0, 0.05) is 17.3 Å². The molecule has 1 aromatic carbocycles. The van der Waals surface area contributed by atoms with Crippen molar-refractivity contribution in [2.24, 2.45) is 0 Å². The van der Waals surface area contributed by atoms with Crippen LogP contribution in [0.25, 0.3) is 11.5 Å². The van der Waals surface area contributed by atoms with Crippen molar-refractivity contribution in [3.63, 3.8) is 0 Å². The summed E-state index contributed by atoms with van der Waals surface area (Å²) >= 11 is 0. The average Bonchev–Trinajstić information content (AvgIpc) is 3.09. The van der Waals surface area contributed by atoms with Crippen LogP contribution in [0.2, 0.25) is 0 Å². The number of aromatic nitrogens is 3. The molecule has 1 atom stereocenters. The summed E-state index contributed by atoms with van der Waals surface area (Å²) in [7, 11) is 3.89.